The lowest BCUT2D eigenvalue weighted by Crippen LogP contribution is -2.31. The zero-order valence-electron chi connectivity index (χ0n) is 15.2. The summed E-state index contributed by atoms with van der Waals surface area (Å²) >= 11 is 1.50. The Hall–Kier alpha value is -2.47. The zero-order chi connectivity index (χ0) is 18.7. The van der Waals surface area contributed by atoms with Crippen LogP contribution in [0.5, 0.6) is 0 Å². The molecule has 1 aromatic carbocycles. The van der Waals surface area contributed by atoms with Crippen molar-refractivity contribution in [2.45, 2.75) is 39.7 Å². The van der Waals surface area contributed by atoms with Gasteiger partial charge in [0.25, 0.3) is 5.56 Å². The fraction of sp³-hybridized carbons (Fsp3) is 0.350. The van der Waals surface area contributed by atoms with E-state index in [-0.39, 0.29) is 11.5 Å². The standard InChI is InChI=1S/C20H22N2O3S/c1-4-11-25-20(24)15(5-2)22-12-21-18-17(19(22)23)16(13(3)26-18)14-9-7-6-8-10-14/h6-10,12,15H,4-5,11H2,1-3H3/t15-/m1/s1. The number of carbonyl (C=O) groups is 1. The second kappa shape index (κ2) is 7.83. The molecule has 0 radical (unpaired) electrons. The van der Waals surface area contributed by atoms with Crippen molar-refractivity contribution >= 4 is 27.5 Å². The molecule has 26 heavy (non-hydrogen) atoms. The van der Waals surface area contributed by atoms with Crippen LogP contribution in [-0.2, 0) is 9.53 Å². The SMILES string of the molecule is CCCOC(=O)[C@@H](CC)n1cnc2sc(C)c(-c3ccccc3)c2c1=O. The zero-order valence-corrected chi connectivity index (χ0v) is 16.0. The van der Waals surface area contributed by atoms with Gasteiger partial charge < -0.3 is 4.74 Å². The third-order valence-corrected chi connectivity index (χ3v) is 5.33. The minimum atomic E-state index is -0.658. The Balaban J connectivity index is 2.16. The number of ether oxygens (including phenoxy) is 1. The first-order valence-electron chi connectivity index (χ1n) is 8.80. The van der Waals surface area contributed by atoms with E-state index in [1.807, 2.05) is 51.1 Å². The number of rotatable bonds is 6. The second-order valence-corrected chi connectivity index (χ2v) is 7.33. The van der Waals surface area contributed by atoms with Gasteiger partial charge in [-0.05, 0) is 25.3 Å². The maximum absolute atomic E-state index is 13.2. The number of benzene rings is 1. The van der Waals surface area contributed by atoms with Gasteiger partial charge in [0, 0.05) is 10.4 Å². The highest BCUT2D eigenvalue weighted by molar-refractivity contribution is 7.19. The predicted octanol–water partition coefficient (Wildman–Crippen LogP) is 4.34. The van der Waals surface area contributed by atoms with Gasteiger partial charge in [0.05, 0.1) is 18.3 Å². The molecule has 0 aliphatic rings. The number of aromatic nitrogens is 2. The van der Waals surface area contributed by atoms with Crippen LogP contribution < -0.4 is 5.56 Å². The summed E-state index contributed by atoms with van der Waals surface area (Å²) in [5.41, 5.74) is 1.68. The van der Waals surface area contributed by atoms with E-state index in [0.29, 0.717) is 23.2 Å². The molecule has 0 unspecified atom stereocenters. The Kier molecular flexibility index (Phi) is 5.52. The lowest BCUT2D eigenvalue weighted by atomic mass is 10.0. The lowest BCUT2D eigenvalue weighted by Gasteiger charge is -2.16. The number of esters is 1. The molecule has 0 spiro atoms. The maximum atomic E-state index is 13.2. The lowest BCUT2D eigenvalue weighted by molar-refractivity contribution is -0.147. The van der Waals surface area contributed by atoms with Crippen molar-refractivity contribution in [3.63, 3.8) is 0 Å². The first-order valence-corrected chi connectivity index (χ1v) is 9.62. The smallest absolute Gasteiger partial charge is 0.329 e. The average molecular weight is 370 g/mol. The molecule has 2 aromatic heterocycles. The monoisotopic (exact) mass is 370 g/mol. The number of hydrogen-bond donors (Lipinski definition) is 0. The molecule has 1 atom stereocenters. The number of nitrogens with zero attached hydrogens (tertiary/aromatic N) is 2. The van der Waals surface area contributed by atoms with Crippen LogP contribution >= 0.6 is 11.3 Å². The molecule has 136 valence electrons. The van der Waals surface area contributed by atoms with Gasteiger partial charge in [-0.2, -0.15) is 0 Å². The largest absolute Gasteiger partial charge is 0.464 e. The van der Waals surface area contributed by atoms with Gasteiger partial charge in [-0.1, -0.05) is 44.2 Å². The van der Waals surface area contributed by atoms with Crippen LogP contribution in [0.4, 0.5) is 0 Å². The summed E-state index contributed by atoms with van der Waals surface area (Å²) in [7, 11) is 0. The van der Waals surface area contributed by atoms with E-state index in [1.54, 1.807) is 0 Å². The minimum Gasteiger partial charge on any atom is -0.464 e. The third-order valence-electron chi connectivity index (χ3n) is 4.32. The van der Waals surface area contributed by atoms with Gasteiger partial charge in [0.15, 0.2) is 0 Å². The van der Waals surface area contributed by atoms with E-state index in [2.05, 4.69) is 4.98 Å². The van der Waals surface area contributed by atoms with E-state index in [1.165, 1.54) is 22.2 Å². The molecule has 0 bridgehead atoms. The van der Waals surface area contributed by atoms with Crippen LogP contribution in [0.25, 0.3) is 21.3 Å². The fourth-order valence-electron chi connectivity index (χ4n) is 3.07. The molecule has 0 saturated heterocycles. The van der Waals surface area contributed by atoms with Crippen molar-refractivity contribution in [1.29, 1.82) is 0 Å². The summed E-state index contributed by atoms with van der Waals surface area (Å²) in [6, 6.07) is 9.15. The number of aryl methyl sites for hydroxylation is 1. The highest BCUT2D eigenvalue weighted by atomic mass is 32.1. The maximum Gasteiger partial charge on any atom is 0.329 e. The van der Waals surface area contributed by atoms with E-state index >= 15 is 0 Å². The van der Waals surface area contributed by atoms with Gasteiger partial charge >= 0.3 is 5.97 Å². The van der Waals surface area contributed by atoms with Crippen LogP contribution in [0, 0.1) is 6.92 Å². The van der Waals surface area contributed by atoms with Gasteiger partial charge in [-0.15, -0.1) is 11.3 Å². The van der Waals surface area contributed by atoms with Gasteiger partial charge in [0.2, 0.25) is 0 Å². The summed E-state index contributed by atoms with van der Waals surface area (Å²) in [6.07, 6.45) is 2.69. The Morgan fingerprint density at radius 1 is 1.27 bits per heavy atom. The van der Waals surface area contributed by atoms with Crippen LogP contribution in [0.1, 0.15) is 37.6 Å². The topological polar surface area (TPSA) is 61.2 Å². The first-order chi connectivity index (χ1) is 12.6. The highest BCUT2D eigenvalue weighted by Crippen LogP contribution is 2.35. The van der Waals surface area contributed by atoms with E-state index in [0.717, 1.165) is 22.4 Å². The quantitative estimate of drug-likeness (QED) is 0.606. The molecule has 0 aliphatic heterocycles. The molecule has 3 aromatic rings. The van der Waals surface area contributed by atoms with Gasteiger partial charge in [0.1, 0.15) is 10.9 Å². The van der Waals surface area contributed by atoms with Crippen LogP contribution in [0.2, 0.25) is 0 Å². The molecule has 0 saturated carbocycles. The Morgan fingerprint density at radius 2 is 2.00 bits per heavy atom. The molecular weight excluding hydrogens is 348 g/mol. The van der Waals surface area contributed by atoms with Crippen LogP contribution in [0.15, 0.2) is 41.5 Å². The molecule has 0 N–H and O–H groups in total. The summed E-state index contributed by atoms with van der Waals surface area (Å²) in [4.78, 5) is 31.8. The Labute approximate surface area is 156 Å². The van der Waals surface area contributed by atoms with Crippen molar-refractivity contribution in [3.8, 4) is 11.1 Å². The fourth-order valence-corrected chi connectivity index (χ4v) is 4.07. The average Bonchev–Trinajstić information content (AvgIpc) is 3.00. The molecule has 0 aliphatic carbocycles. The highest BCUT2D eigenvalue weighted by Gasteiger charge is 2.24. The van der Waals surface area contributed by atoms with Crippen molar-refractivity contribution < 1.29 is 9.53 Å². The molecule has 0 amide bonds. The third kappa shape index (κ3) is 3.29. The number of thiophene rings is 1. The van der Waals surface area contributed by atoms with Crippen molar-refractivity contribution in [3.05, 3.63) is 51.9 Å². The number of hydrogen-bond acceptors (Lipinski definition) is 5. The Bertz CT molecular complexity index is 976. The molecule has 2 heterocycles. The van der Waals surface area contributed by atoms with Crippen LogP contribution in [-0.4, -0.2) is 22.1 Å². The van der Waals surface area contributed by atoms with Crippen LogP contribution in [0.3, 0.4) is 0 Å². The predicted molar refractivity (Wildman–Crippen MR) is 105 cm³/mol. The Morgan fingerprint density at radius 3 is 2.65 bits per heavy atom. The number of carbonyl (C=O) groups excluding carboxylic acids is 1. The number of fused-ring (bicyclic) bond motifs is 1. The van der Waals surface area contributed by atoms with E-state index in [4.69, 9.17) is 4.74 Å². The molecular formula is C20H22N2O3S. The molecule has 5 nitrogen and oxygen atoms in total. The van der Waals surface area contributed by atoms with Gasteiger partial charge in [-0.25, -0.2) is 9.78 Å². The van der Waals surface area contributed by atoms with E-state index in [9.17, 15) is 9.59 Å². The first kappa shape index (κ1) is 18.3. The molecule has 6 heteroatoms. The summed E-state index contributed by atoms with van der Waals surface area (Å²) in [5, 5.41) is 0.572. The summed E-state index contributed by atoms with van der Waals surface area (Å²) in [6.45, 7) is 6.15. The summed E-state index contributed by atoms with van der Waals surface area (Å²) < 4.78 is 6.68. The van der Waals surface area contributed by atoms with Crippen molar-refractivity contribution in [1.82, 2.24) is 9.55 Å². The summed E-state index contributed by atoms with van der Waals surface area (Å²) in [5.74, 6) is -0.384. The normalized spacial score (nSPS) is 12.3. The molecule has 3 rings (SSSR count). The van der Waals surface area contributed by atoms with Crippen molar-refractivity contribution in [2.75, 3.05) is 6.61 Å². The van der Waals surface area contributed by atoms with Gasteiger partial charge in [-0.3, -0.25) is 9.36 Å². The van der Waals surface area contributed by atoms with Crippen molar-refractivity contribution in [2.24, 2.45) is 0 Å². The molecule has 0 fully saturated rings. The second-order valence-electron chi connectivity index (χ2n) is 6.13. The van der Waals surface area contributed by atoms with E-state index < -0.39 is 6.04 Å². The minimum absolute atomic E-state index is 0.196.